The maximum atomic E-state index is 6.63. The predicted molar refractivity (Wildman–Crippen MR) is 156 cm³/mol. The normalized spacial score (nSPS) is 16.8. The summed E-state index contributed by atoms with van der Waals surface area (Å²) in [6, 6.07) is 34.8. The van der Waals surface area contributed by atoms with Crippen LogP contribution < -0.4 is 9.47 Å². The topological polar surface area (TPSA) is 18.5 Å². The molecule has 2 heteroatoms. The molecule has 38 heavy (non-hydrogen) atoms. The van der Waals surface area contributed by atoms with E-state index in [9.17, 15) is 0 Å². The molecular formula is C36H30O2. The molecule has 2 heterocycles. The Morgan fingerprint density at radius 1 is 0.447 bits per heavy atom. The number of para-hydroxylation sites is 2. The summed E-state index contributed by atoms with van der Waals surface area (Å²) in [5.74, 6) is 1.87. The molecule has 0 N–H and O–H groups in total. The summed E-state index contributed by atoms with van der Waals surface area (Å²) >= 11 is 0. The number of aryl methyl sites for hydroxylation is 2. The van der Waals surface area contributed by atoms with Crippen LogP contribution in [-0.4, -0.2) is 0 Å². The van der Waals surface area contributed by atoms with Crippen molar-refractivity contribution < 1.29 is 9.47 Å². The van der Waals surface area contributed by atoms with Gasteiger partial charge in [0.05, 0.1) is 0 Å². The van der Waals surface area contributed by atoms with Crippen molar-refractivity contribution in [1.82, 2.24) is 0 Å². The van der Waals surface area contributed by atoms with E-state index in [2.05, 4.69) is 125 Å². The first kappa shape index (κ1) is 22.9. The van der Waals surface area contributed by atoms with Gasteiger partial charge >= 0.3 is 0 Å². The molecule has 0 aliphatic carbocycles. The van der Waals surface area contributed by atoms with Crippen molar-refractivity contribution in [2.24, 2.45) is 0 Å². The van der Waals surface area contributed by atoms with Crippen molar-refractivity contribution in [2.75, 3.05) is 0 Å². The molecule has 2 aliphatic heterocycles. The zero-order valence-corrected chi connectivity index (χ0v) is 22.2. The molecule has 0 saturated carbocycles. The van der Waals surface area contributed by atoms with Crippen LogP contribution in [0.1, 0.15) is 48.3 Å². The maximum Gasteiger partial charge on any atom is 0.128 e. The highest BCUT2D eigenvalue weighted by Crippen LogP contribution is 2.59. The average molecular weight is 495 g/mol. The van der Waals surface area contributed by atoms with E-state index in [0.717, 1.165) is 22.6 Å². The Morgan fingerprint density at radius 3 is 1.21 bits per heavy atom. The fourth-order valence-electron chi connectivity index (χ4n) is 6.25. The summed E-state index contributed by atoms with van der Waals surface area (Å²) in [6.07, 6.45) is -0.230. The lowest BCUT2D eigenvalue weighted by Crippen LogP contribution is -2.20. The van der Waals surface area contributed by atoms with Gasteiger partial charge < -0.3 is 9.47 Å². The van der Waals surface area contributed by atoms with Gasteiger partial charge in [-0.3, -0.25) is 0 Å². The molecule has 0 saturated heterocycles. The third kappa shape index (κ3) is 3.40. The Balaban J connectivity index is 1.73. The van der Waals surface area contributed by atoms with E-state index in [1.807, 2.05) is 0 Å². The van der Waals surface area contributed by atoms with Crippen molar-refractivity contribution in [2.45, 2.75) is 39.9 Å². The first-order valence-corrected chi connectivity index (χ1v) is 13.4. The van der Waals surface area contributed by atoms with E-state index in [0.29, 0.717) is 0 Å². The molecule has 0 bridgehead atoms. The fourth-order valence-corrected chi connectivity index (χ4v) is 6.25. The second-order valence-electron chi connectivity index (χ2n) is 10.6. The van der Waals surface area contributed by atoms with Gasteiger partial charge in [0, 0.05) is 33.4 Å². The van der Waals surface area contributed by atoms with E-state index in [1.54, 1.807) is 0 Å². The molecule has 0 aromatic heterocycles. The van der Waals surface area contributed by atoms with Gasteiger partial charge in [0.25, 0.3) is 0 Å². The van der Waals surface area contributed by atoms with Gasteiger partial charge in [0.1, 0.15) is 23.7 Å². The Hall–Kier alpha value is -4.30. The summed E-state index contributed by atoms with van der Waals surface area (Å²) in [7, 11) is 0. The summed E-state index contributed by atoms with van der Waals surface area (Å²) < 4.78 is 13.3. The van der Waals surface area contributed by atoms with E-state index < -0.39 is 0 Å². The number of hydrogen-bond donors (Lipinski definition) is 0. The van der Waals surface area contributed by atoms with Gasteiger partial charge in [-0.25, -0.2) is 0 Å². The highest BCUT2D eigenvalue weighted by molar-refractivity contribution is 6.04. The quantitative estimate of drug-likeness (QED) is 0.243. The predicted octanol–water partition coefficient (Wildman–Crippen LogP) is 9.88. The highest BCUT2D eigenvalue weighted by atomic mass is 16.5. The second-order valence-corrected chi connectivity index (χ2v) is 10.6. The second kappa shape index (κ2) is 8.63. The van der Waals surface area contributed by atoms with E-state index in [-0.39, 0.29) is 12.2 Å². The Morgan fingerprint density at radius 2 is 0.816 bits per heavy atom. The summed E-state index contributed by atoms with van der Waals surface area (Å²) in [4.78, 5) is 0. The smallest absolute Gasteiger partial charge is 0.128 e. The molecule has 2 nitrogen and oxygen atoms in total. The lowest BCUT2D eigenvalue weighted by atomic mass is 9.73. The number of ether oxygens (including phenoxy) is 2. The van der Waals surface area contributed by atoms with Crippen LogP contribution in [0.5, 0.6) is 11.5 Å². The fraction of sp³-hybridized carbons (Fsp3) is 0.167. The van der Waals surface area contributed by atoms with Gasteiger partial charge in [-0.2, -0.15) is 0 Å². The van der Waals surface area contributed by atoms with Crippen LogP contribution in [0.25, 0.3) is 44.5 Å². The zero-order valence-electron chi connectivity index (χ0n) is 22.2. The standard InChI is InChI=1S/C36H30O2/c1-21-13-17-25(18-14-21)33-31-23(3)37-29-11-7-5-9-27(29)35(31)36-28-10-6-8-12-30(28)38-24(4)32(36)34(33)26-19-15-22(2)16-20-26/h5-20,23-24H,1-4H3/t23-,24-/m1/s1. The average Bonchev–Trinajstić information content (AvgIpc) is 2.93. The number of rotatable bonds is 2. The van der Waals surface area contributed by atoms with Gasteiger partial charge in [-0.1, -0.05) is 96.1 Å². The molecule has 0 fully saturated rings. The summed E-state index contributed by atoms with van der Waals surface area (Å²) in [5.41, 5.74) is 14.7. The van der Waals surface area contributed by atoms with Crippen molar-refractivity contribution in [3.8, 4) is 56.0 Å². The molecule has 186 valence electrons. The van der Waals surface area contributed by atoms with Gasteiger partial charge in [-0.05, 0) is 62.1 Å². The lowest BCUT2D eigenvalue weighted by molar-refractivity contribution is 0.219. The molecule has 0 radical (unpaired) electrons. The number of hydrogen-bond acceptors (Lipinski definition) is 2. The van der Waals surface area contributed by atoms with Crippen molar-refractivity contribution in [3.63, 3.8) is 0 Å². The van der Waals surface area contributed by atoms with Gasteiger partial charge in [-0.15, -0.1) is 0 Å². The monoisotopic (exact) mass is 494 g/mol. The Labute approximate surface area is 224 Å². The summed E-state index contributed by atoms with van der Waals surface area (Å²) in [5, 5.41) is 0. The molecule has 5 aromatic carbocycles. The van der Waals surface area contributed by atoms with Crippen LogP contribution in [0, 0.1) is 13.8 Å². The Kier molecular flexibility index (Phi) is 5.19. The van der Waals surface area contributed by atoms with E-state index >= 15 is 0 Å². The molecule has 2 aliphatic rings. The third-order valence-corrected chi connectivity index (χ3v) is 7.99. The SMILES string of the molecule is Cc1ccc(-c2c(-c3ccc(C)cc3)c3c(c4c2[C@@H](C)Oc2ccccc2-4)-c2ccccc2O[C@@H]3C)cc1. The molecule has 0 spiro atoms. The van der Waals surface area contributed by atoms with E-state index in [1.165, 1.54) is 55.6 Å². The van der Waals surface area contributed by atoms with Crippen LogP contribution >= 0.6 is 0 Å². The van der Waals surface area contributed by atoms with Crippen LogP contribution in [-0.2, 0) is 0 Å². The first-order valence-electron chi connectivity index (χ1n) is 13.4. The van der Waals surface area contributed by atoms with E-state index in [4.69, 9.17) is 9.47 Å². The van der Waals surface area contributed by atoms with Gasteiger partial charge in [0.2, 0.25) is 0 Å². The number of benzene rings is 5. The maximum absolute atomic E-state index is 6.63. The molecule has 5 aromatic rings. The molecule has 0 amide bonds. The van der Waals surface area contributed by atoms with Crippen molar-refractivity contribution in [1.29, 1.82) is 0 Å². The minimum absolute atomic E-state index is 0.115. The molecule has 0 unspecified atom stereocenters. The van der Waals surface area contributed by atoms with Gasteiger partial charge in [0.15, 0.2) is 0 Å². The first-order chi connectivity index (χ1) is 18.5. The minimum Gasteiger partial charge on any atom is -0.485 e. The largest absolute Gasteiger partial charge is 0.485 e. The van der Waals surface area contributed by atoms with Crippen LogP contribution in [0.3, 0.4) is 0 Å². The van der Waals surface area contributed by atoms with Crippen LogP contribution in [0.2, 0.25) is 0 Å². The van der Waals surface area contributed by atoms with Crippen molar-refractivity contribution in [3.05, 3.63) is 119 Å². The molecule has 2 atom stereocenters. The molecular weight excluding hydrogens is 464 g/mol. The Bertz CT molecular complexity index is 1570. The zero-order chi connectivity index (χ0) is 26.0. The van der Waals surface area contributed by atoms with Crippen molar-refractivity contribution >= 4 is 0 Å². The number of fused-ring (bicyclic) bond motifs is 7. The third-order valence-electron chi connectivity index (χ3n) is 7.99. The van der Waals surface area contributed by atoms with Crippen LogP contribution in [0.15, 0.2) is 97.1 Å². The minimum atomic E-state index is -0.115. The summed E-state index contributed by atoms with van der Waals surface area (Å²) in [6.45, 7) is 8.66. The van der Waals surface area contributed by atoms with Crippen LogP contribution in [0.4, 0.5) is 0 Å². The molecule has 7 rings (SSSR count). The lowest BCUT2D eigenvalue weighted by Gasteiger charge is -2.38. The highest BCUT2D eigenvalue weighted by Gasteiger charge is 2.38.